The van der Waals surface area contributed by atoms with Gasteiger partial charge < -0.3 is 15.7 Å². The van der Waals surface area contributed by atoms with Crippen molar-refractivity contribution in [3.8, 4) is 0 Å². The Morgan fingerprint density at radius 3 is 2.33 bits per heavy atom. The summed E-state index contributed by atoms with van der Waals surface area (Å²) in [6.07, 6.45) is 1.95. The molecule has 0 spiro atoms. The van der Waals surface area contributed by atoms with Crippen LogP contribution >= 0.6 is 0 Å². The van der Waals surface area contributed by atoms with Gasteiger partial charge in [0.15, 0.2) is 9.84 Å². The van der Waals surface area contributed by atoms with Gasteiger partial charge in [-0.25, -0.2) is 13.2 Å². The molecule has 21 heavy (non-hydrogen) atoms. The molecule has 124 valence electrons. The van der Waals surface area contributed by atoms with Gasteiger partial charge in [-0.15, -0.1) is 0 Å². The Morgan fingerprint density at radius 2 is 1.81 bits per heavy atom. The monoisotopic (exact) mass is 322 g/mol. The molecule has 0 fully saturated rings. The van der Waals surface area contributed by atoms with E-state index < -0.39 is 21.8 Å². The van der Waals surface area contributed by atoms with Crippen LogP contribution in [-0.2, 0) is 14.6 Å². The van der Waals surface area contributed by atoms with Gasteiger partial charge in [-0.3, -0.25) is 4.79 Å². The van der Waals surface area contributed by atoms with Gasteiger partial charge >= 0.3 is 12.0 Å². The Labute approximate surface area is 126 Å². The molecule has 0 saturated carbocycles. The standard InChI is InChI=1S/C13H26N2O5S/c1-4-21(19,20)9-8-14-13(18)15-11(3)7-5-6-10(2)12(16)17/h10-11H,4-9H2,1-3H3,(H,16,17)(H2,14,15,18). The summed E-state index contributed by atoms with van der Waals surface area (Å²) in [5.74, 6) is -1.20. The first-order valence-corrected chi connectivity index (χ1v) is 8.97. The fourth-order valence-corrected chi connectivity index (χ4v) is 2.37. The Kier molecular flexibility index (Phi) is 9.00. The number of nitrogens with one attached hydrogen (secondary N) is 2. The summed E-state index contributed by atoms with van der Waals surface area (Å²) in [6, 6.07) is -0.492. The predicted octanol–water partition coefficient (Wildman–Crippen LogP) is 1.000. The van der Waals surface area contributed by atoms with Gasteiger partial charge in [0.25, 0.3) is 0 Å². The van der Waals surface area contributed by atoms with Crippen LogP contribution in [0.15, 0.2) is 0 Å². The molecule has 0 bridgehead atoms. The van der Waals surface area contributed by atoms with Crippen molar-refractivity contribution in [2.45, 2.75) is 46.1 Å². The summed E-state index contributed by atoms with van der Waals surface area (Å²) in [4.78, 5) is 22.2. The minimum atomic E-state index is -3.07. The molecule has 0 aromatic heterocycles. The third-order valence-electron chi connectivity index (χ3n) is 3.21. The Bertz CT molecular complexity index is 436. The number of hydrogen-bond acceptors (Lipinski definition) is 4. The van der Waals surface area contributed by atoms with Crippen molar-refractivity contribution in [3.05, 3.63) is 0 Å². The fourth-order valence-electron chi connectivity index (χ4n) is 1.67. The molecule has 7 nitrogen and oxygen atoms in total. The van der Waals surface area contributed by atoms with E-state index in [2.05, 4.69) is 10.6 Å². The van der Waals surface area contributed by atoms with Gasteiger partial charge in [-0.05, 0) is 19.8 Å². The van der Waals surface area contributed by atoms with E-state index in [-0.39, 0.29) is 30.0 Å². The molecule has 0 rings (SSSR count). The van der Waals surface area contributed by atoms with E-state index in [4.69, 9.17) is 5.11 Å². The number of carbonyl (C=O) groups is 2. The van der Waals surface area contributed by atoms with Gasteiger partial charge in [0, 0.05) is 18.3 Å². The van der Waals surface area contributed by atoms with E-state index in [0.717, 1.165) is 0 Å². The lowest BCUT2D eigenvalue weighted by Gasteiger charge is -2.15. The van der Waals surface area contributed by atoms with E-state index in [1.807, 2.05) is 6.92 Å². The molecular weight excluding hydrogens is 296 g/mol. The van der Waals surface area contributed by atoms with Crippen LogP contribution in [-0.4, -0.2) is 49.6 Å². The van der Waals surface area contributed by atoms with Crippen LogP contribution in [0.1, 0.15) is 40.0 Å². The zero-order chi connectivity index (χ0) is 16.5. The van der Waals surface area contributed by atoms with E-state index in [9.17, 15) is 18.0 Å². The van der Waals surface area contributed by atoms with Crippen molar-refractivity contribution in [2.75, 3.05) is 18.1 Å². The first-order valence-electron chi connectivity index (χ1n) is 7.15. The number of rotatable bonds is 10. The number of amides is 2. The van der Waals surface area contributed by atoms with E-state index in [1.54, 1.807) is 13.8 Å². The van der Waals surface area contributed by atoms with Crippen molar-refractivity contribution in [3.63, 3.8) is 0 Å². The molecule has 3 N–H and O–H groups in total. The van der Waals surface area contributed by atoms with Gasteiger partial charge in [-0.1, -0.05) is 20.3 Å². The number of sulfone groups is 1. The topological polar surface area (TPSA) is 113 Å². The predicted molar refractivity (Wildman–Crippen MR) is 81.0 cm³/mol. The van der Waals surface area contributed by atoms with E-state index in [1.165, 1.54) is 0 Å². The maximum absolute atomic E-state index is 11.5. The molecule has 0 aromatic carbocycles. The number of aliphatic carboxylic acids is 1. The molecule has 2 atom stereocenters. The normalized spacial score (nSPS) is 14.2. The van der Waals surface area contributed by atoms with Crippen molar-refractivity contribution in [2.24, 2.45) is 5.92 Å². The van der Waals surface area contributed by atoms with Crippen LogP contribution in [0.2, 0.25) is 0 Å². The Balaban J connectivity index is 3.82. The zero-order valence-electron chi connectivity index (χ0n) is 12.9. The number of hydrogen-bond donors (Lipinski definition) is 3. The average Bonchev–Trinajstić information content (AvgIpc) is 2.38. The molecule has 0 aliphatic rings. The third-order valence-corrected chi connectivity index (χ3v) is 4.92. The third kappa shape index (κ3) is 10.1. The number of carbonyl (C=O) groups excluding carboxylic acids is 1. The molecular formula is C13H26N2O5S. The molecule has 0 radical (unpaired) electrons. The minimum absolute atomic E-state index is 0.0640. The van der Waals surface area contributed by atoms with Crippen LogP contribution < -0.4 is 10.6 Å². The van der Waals surface area contributed by atoms with Gasteiger partial charge in [-0.2, -0.15) is 0 Å². The number of carboxylic acids is 1. The molecule has 0 aliphatic heterocycles. The second-order valence-electron chi connectivity index (χ2n) is 5.21. The minimum Gasteiger partial charge on any atom is -0.481 e. The van der Waals surface area contributed by atoms with Crippen molar-refractivity contribution in [1.29, 1.82) is 0 Å². The largest absolute Gasteiger partial charge is 0.481 e. The van der Waals surface area contributed by atoms with Crippen molar-refractivity contribution in [1.82, 2.24) is 10.6 Å². The quantitative estimate of drug-likeness (QED) is 0.555. The maximum Gasteiger partial charge on any atom is 0.315 e. The van der Waals surface area contributed by atoms with E-state index in [0.29, 0.717) is 19.3 Å². The highest BCUT2D eigenvalue weighted by atomic mass is 32.2. The first-order chi connectivity index (χ1) is 9.68. The molecule has 0 aliphatic carbocycles. The van der Waals surface area contributed by atoms with Crippen molar-refractivity contribution >= 4 is 21.8 Å². The van der Waals surface area contributed by atoms with Crippen LogP contribution in [0.5, 0.6) is 0 Å². The molecule has 0 heterocycles. The highest BCUT2D eigenvalue weighted by molar-refractivity contribution is 7.91. The smallest absolute Gasteiger partial charge is 0.315 e. The molecule has 0 aromatic rings. The Morgan fingerprint density at radius 1 is 1.19 bits per heavy atom. The molecule has 2 unspecified atom stereocenters. The number of urea groups is 1. The fraction of sp³-hybridized carbons (Fsp3) is 0.846. The molecule has 8 heteroatoms. The van der Waals surface area contributed by atoms with Gasteiger partial charge in [0.2, 0.25) is 0 Å². The summed E-state index contributed by atoms with van der Waals surface area (Å²) in [6.45, 7) is 5.13. The second kappa shape index (κ2) is 9.59. The molecule has 2 amide bonds. The lowest BCUT2D eigenvalue weighted by molar-refractivity contribution is -0.141. The summed E-state index contributed by atoms with van der Waals surface area (Å²) in [7, 11) is -3.07. The van der Waals surface area contributed by atoms with Crippen LogP contribution in [0.4, 0.5) is 4.79 Å². The number of carboxylic acid groups (broad SMARTS) is 1. The summed E-state index contributed by atoms with van der Waals surface area (Å²) < 4.78 is 22.5. The van der Waals surface area contributed by atoms with Gasteiger partial charge in [0.05, 0.1) is 11.7 Å². The highest BCUT2D eigenvalue weighted by Crippen LogP contribution is 2.09. The Hall–Kier alpha value is -1.31. The summed E-state index contributed by atoms with van der Waals surface area (Å²) in [5, 5.41) is 13.9. The maximum atomic E-state index is 11.5. The average molecular weight is 322 g/mol. The van der Waals surface area contributed by atoms with Crippen LogP contribution in [0.3, 0.4) is 0 Å². The van der Waals surface area contributed by atoms with Crippen LogP contribution in [0, 0.1) is 5.92 Å². The van der Waals surface area contributed by atoms with Crippen LogP contribution in [0.25, 0.3) is 0 Å². The first kappa shape index (κ1) is 19.7. The SMILES string of the molecule is CCS(=O)(=O)CCNC(=O)NC(C)CCCC(C)C(=O)O. The lowest BCUT2D eigenvalue weighted by Crippen LogP contribution is -2.42. The summed E-state index contributed by atoms with van der Waals surface area (Å²) in [5.41, 5.74) is 0. The lowest BCUT2D eigenvalue weighted by atomic mass is 10.0. The van der Waals surface area contributed by atoms with Crippen molar-refractivity contribution < 1.29 is 23.1 Å². The van der Waals surface area contributed by atoms with E-state index >= 15 is 0 Å². The second-order valence-corrected chi connectivity index (χ2v) is 7.68. The van der Waals surface area contributed by atoms with Gasteiger partial charge in [0.1, 0.15) is 0 Å². The molecule has 0 saturated heterocycles. The zero-order valence-corrected chi connectivity index (χ0v) is 13.7. The summed E-state index contributed by atoms with van der Waals surface area (Å²) >= 11 is 0. The highest BCUT2D eigenvalue weighted by Gasteiger charge is 2.13.